The average molecular weight is 465 g/mol. The van der Waals surface area contributed by atoms with Gasteiger partial charge in [-0.15, -0.1) is 11.3 Å². The average Bonchev–Trinajstić information content (AvgIpc) is 3.48. The molecule has 2 heterocycles. The van der Waals surface area contributed by atoms with Crippen LogP contribution in [0.1, 0.15) is 47.3 Å². The van der Waals surface area contributed by atoms with Gasteiger partial charge in [0, 0.05) is 18.0 Å². The van der Waals surface area contributed by atoms with Crippen LogP contribution in [0.4, 0.5) is 0 Å². The van der Waals surface area contributed by atoms with Gasteiger partial charge in [0.2, 0.25) is 0 Å². The first-order valence-electron chi connectivity index (χ1n) is 10.2. The summed E-state index contributed by atoms with van der Waals surface area (Å²) in [6.07, 6.45) is 4.15. The second-order valence-electron chi connectivity index (χ2n) is 6.00. The monoisotopic (exact) mass is 464 g/mol. The fourth-order valence-electron chi connectivity index (χ4n) is 2.73. The maximum Gasteiger partial charge on any atom is 0.166 e. The molecule has 0 saturated heterocycles. The smallest absolute Gasteiger partial charge is 0.166 e. The van der Waals surface area contributed by atoms with Crippen molar-refractivity contribution in [3.63, 3.8) is 0 Å². The molecule has 32 heavy (non-hydrogen) atoms. The topological polar surface area (TPSA) is 133 Å². The number of nitrogens with one attached hydrogen (secondary N) is 1. The van der Waals surface area contributed by atoms with E-state index in [0.29, 0.717) is 18.0 Å². The number of aliphatic hydroxyl groups is 2. The molecular formula is C24H36N2O5S. The molecule has 0 spiro atoms. The third-order valence-corrected chi connectivity index (χ3v) is 4.73. The van der Waals surface area contributed by atoms with Crippen molar-refractivity contribution in [2.24, 2.45) is 5.73 Å². The molecule has 5 N–H and O–H groups in total. The van der Waals surface area contributed by atoms with Gasteiger partial charge >= 0.3 is 0 Å². The van der Waals surface area contributed by atoms with Gasteiger partial charge in [-0.2, -0.15) is 0 Å². The van der Waals surface area contributed by atoms with Crippen molar-refractivity contribution in [1.82, 2.24) is 4.98 Å². The predicted octanol–water partition coefficient (Wildman–Crippen LogP) is 3.48. The number of thiophene rings is 1. The number of fused-ring (bicyclic) bond motifs is 2. The Morgan fingerprint density at radius 1 is 1.09 bits per heavy atom. The maximum absolute atomic E-state index is 10.3. The SMILES string of the molecule is CC.CC=O.CO.Cc1cc2[nH]c(C=O)cc2s1.NC1Cc2ccccc2C1.O=CCO. The van der Waals surface area contributed by atoms with Gasteiger partial charge in [-0.25, -0.2) is 0 Å². The molecule has 8 heteroatoms. The minimum Gasteiger partial charge on any atom is -0.400 e. The lowest BCUT2D eigenvalue weighted by atomic mass is 10.1. The van der Waals surface area contributed by atoms with Crippen LogP contribution in [0.2, 0.25) is 0 Å². The van der Waals surface area contributed by atoms with E-state index in [1.807, 2.05) is 26.0 Å². The normalized spacial score (nSPS) is 10.6. The van der Waals surface area contributed by atoms with Crippen LogP contribution in [0.15, 0.2) is 36.4 Å². The van der Waals surface area contributed by atoms with E-state index in [2.05, 4.69) is 36.2 Å². The zero-order chi connectivity index (χ0) is 24.9. The number of hydrogen-bond donors (Lipinski definition) is 4. The molecule has 0 radical (unpaired) electrons. The molecular weight excluding hydrogens is 428 g/mol. The standard InChI is InChI=1S/C9H11N.C8H7NOS.C2H4O2.C2H4O.C2H6.CH4O/c10-9-5-7-3-1-2-4-8(7)6-9;1-5-2-7-8(11-5)3-6(4-10)9-7;3-1-2-4;1-2-3;2*1-2/h1-4,9H,5-6,10H2;2-4,9H,1H3;1,4H,2H2;2H,1H3;1-2H3;2H,1H3. The molecule has 0 unspecified atom stereocenters. The molecule has 0 bridgehead atoms. The Kier molecular flexibility index (Phi) is 20.0. The van der Waals surface area contributed by atoms with Crippen molar-refractivity contribution in [2.45, 2.75) is 46.6 Å². The lowest BCUT2D eigenvalue weighted by Gasteiger charge is -1.94. The lowest BCUT2D eigenvalue weighted by molar-refractivity contribution is -0.110. The molecule has 1 aliphatic rings. The zero-order valence-electron chi connectivity index (χ0n) is 19.5. The van der Waals surface area contributed by atoms with Gasteiger partial charge < -0.3 is 30.5 Å². The van der Waals surface area contributed by atoms with E-state index in [1.54, 1.807) is 11.3 Å². The number of aromatic nitrogens is 1. The van der Waals surface area contributed by atoms with Gasteiger partial charge in [0.25, 0.3) is 0 Å². The number of hydrogen-bond acceptors (Lipinski definition) is 7. The molecule has 0 fully saturated rings. The second kappa shape index (κ2) is 20.3. The van der Waals surface area contributed by atoms with Crippen LogP contribution in [-0.2, 0) is 22.4 Å². The van der Waals surface area contributed by atoms with Crippen LogP contribution < -0.4 is 5.73 Å². The number of aromatic amines is 1. The number of nitrogens with two attached hydrogens (primary N) is 1. The largest absolute Gasteiger partial charge is 0.400 e. The van der Waals surface area contributed by atoms with E-state index in [0.717, 1.165) is 42.7 Å². The number of carbonyl (C=O) groups excluding carboxylic acids is 3. The minimum absolute atomic E-state index is 0.361. The van der Waals surface area contributed by atoms with Crippen molar-refractivity contribution < 1.29 is 24.6 Å². The third-order valence-electron chi connectivity index (χ3n) is 3.73. The van der Waals surface area contributed by atoms with E-state index in [1.165, 1.54) is 22.9 Å². The Bertz CT molecular complexity index is 833. The fraction of sp³-hybridized carbons (Fsp3) is 0.375. The summed E-state index contributed by atoms with van der Waals surface area (Å²) in [4.78, 5) is 32.3. The van der Waals surface area contributed by atoms with E-state index >= 15 is 0 Å². The molecule has 1 aliphatic carbocycles. The fourth-order valence-corrected chi connectivity index (χ4v) is 3.66. The Labute approximate surface area is 194 Å². The number of benzene rings is 1. The highest BCUT2D eigenvalue weighted by atomic mass is 32.1. The van der Waals surface area contributed by atoms with E-state index < -0.39 is 0 Å². The first-order chi connectivity index (χ1) is 15.5. The summed E-state index contributed by atoms with van der Waals surface area (Å²) >= 11 is 1.70. The van der Waals surface area contributed by atoms with Gasteiger partial charge in [-0.05, 0) is 49.9 Å². The highest BCUT2D eigenvalue weighted by Crippen LogP contribution is 2.24. The van der Waals surface area contributed by atoms with Gasteiger partial charge in [0.15, 0.2) is 6.29 Å². The van der Waals surface area contributed by atoms with Crippen molar-refractivity contribution in [3.05, 3.63) is 58.1 Å². The summed E-state index contributed by atoms with van der Waals surface area (Å²) in [5, 5.41) is 14.5. The quantitative estimate of drug-likeness (QED) is 0.429. The summed E-state index contributed by atoms with van der Waals surface area (Å²) in [6.45, 7) is 7.14. The minimum atomic E-state index is -0.361. The lowest BCUT2D eigenvalue weighted by Crippen LogP contribution is -2.18. The van der Waals surface area contributed by atoms with Crippen LogP contribution in [0.5, 0.6) is 0 Å². The van der Waals surface area contributed by atoms with Crippen molar-refractivity contribution in [3.8, 4) is 0 Å². The Hall–Kier alpha value is -2.65. The first kappa shape index (κ1) is 31.5. The highest BCUT2D eigenvalue weighted by Gasteiger charge is 2.16. The highest BCUT2D eigenvalue weighted by molar-refractivity contribution is 7.19. The van der Waals surface area contributed by atoms with E-state index in [4.69, 9.17) is 25.5 Å². The summed E-state index contributed by atoms with van der Waals surface area (Å²) in [5.41, 5.74) is 10.4. The molecule has 3 aromatic rings. The van der Waals surface area contributed by atoms with Crippen LogP contribution in [0.25, 0.3) is 10.2 Å². The zero-order valence-corrected chi connectivity index (χ0v) is 20.3. The summed E-state index contributed by atoms with van der Waals surface area (Å²) in [7, 11) is 1.00. The molecule has 7 nitrogen and oxygen atoms in total. The number of aldehydes is 3. The van der Waals surface area contributed by atoms with Crippen LogP contribution in [0.3, 0.4) is 0 Å². The number of aryl methyl sites for hydroxylation is 1. The van der Waals surface area contributed by atoms with Crippen molar-refractivity contribution in [2.75, 3.05) is 13.7 Å². The Balaban J connectivity index is 0. The van der Waals surface area contributed by atoms with Crippen molar-refractivity contribution >= 4 is 40.4 Å². The summed E-state index contributed by atoms with van der Waals surface area (Å²) in [5.74, 6) is 0. The van der Waals surface area contributed by atoms with Gasteiger partial charge in [0.1, 0.15) is 12.6 Å². The number of aliphatic hydroxyl groups excluding tert-OH is 2. The van der Waals surface area contributed by atoms with Gasteiger partial charge in [0.05, 0.1) is 22.5 Å². The van der Waals surface area contributed by atoms with Gasteiger partial charge in [-0.3, -0.25) is 4.79 Å². The molecule has 178 valence electrons. The molecule has 0 aliphatic heterocycles. The molecule has 0 amide bonds. The predicted molar refractivity (Wildman–Crippen MR) is 133 cm³/mol. The molecule has 2 aromatic heterocycles. The first-order valence-corrected chi connectivity index (χ1v) is 11.1. The molecule has 0 saturated carbocycles. The maximum atomic E-state index is 10.3. The van der Waals surface area contributed by atoms with E-state index in [9.17, 15) is 4.79 Å². The number of H-pyrrole nitrogens is 1. The summed E-state index contributed by atoms with van der Waals surface area (Å²) in [6, 6.07) is 12.8. The third kappa shape index (κ3) is 12.3. The number of carbonyl (C=O) groups is 3. The Morgan fingerprint density at radius 3 is 1.94 bits per heavy atom. The Morgan fingerprint density at radius 2 is 1.56 bits per heavy atom. The summed E-state index contributed by atoms with van der Waals surface area (Å²) < 4.78 is 1.16. The van der Waals surface area contributed by atoms with Crippen LogP contribution in [-0.4, -0.2) is 53.8 Å². The molecule has 0 atom stereocenters. The number of rotatable bonds is 2. The van der Waals surface area contributed by atoms with E-state index in [-0.39, 0.29) is 6.61 Å². The van der Waals surface area contributed by atoms with Gasteiger partial charge in [-0.1, -0.05) is 38.1 Å². The molecule has 4 rings (SSSR count). The van der Waals surface area contributed by atoms with Crippen LogP contribution in [0, 0.1) is 6.92 Å². The van der Waals surface area contributed by atoms with Crippen LogP contribution >= 0.6 is 11.3 Å². The van der Waals surface area contributed by atoms with Crippen molar-refractivity contribution in [1.29, 1.82) is 0 Å². The molecule has 1 aromatic carbocycles. The second-order valence-corrected chi connectivity index (χ2v) is 7.29.